The van der Waals surface area contributed by atoms with E-state index >= 15 is 0 Å². The largest absolute Gasteiger partial charge is 0.482 e. The third-order valence-corrected chi connectivity index (χ3v) is 3.34. The number of benzene rings is 1. The number of rotatable bonds is 5. The minimum atomic E-state index is -1.05. The Morgan fingerprint density at radius 3 is 2.65 bits per heavy atom. The SMILES string of the molecule is Nc1cc(C(=O)O)ccc1OCC(=O)NC1CCCC1. The van der Waals surface area contributed by atoms with Gasteiger partial charge in [0, 0.05) is 6.04 Å². The number of carboxylic acid groups (broad SMARTS) is 1. The Kier molecular flexibility index (Phi) is 4.45. The van der Waals surface area contributed by atoms with E-state index in [1.807, 2.05) is 0 Å². The van der Waals surface area contributed by atoms with Gasteiger partial charge in [0.05, 0.1) is 11.3 Å². The molecule has 4 N–H and O–H groups in total. The highest BCUT2D eigenvalue weighted by molar-refractivity contribution is 5.89. The summed E-state index contributed by atoms with van der Waals surface area (Å²) in [6, 6.07) is 4.41. The first-order chi connectivity index (χ1) is 9.56. The second-order valence-corrected chi connectivity index (χ2v) is 4.90. The number of anilines is 1. The minimum absolute atomic E-state index is 0.0882. The first kappa shape index (κ1) is 14.2. The van der Waals surface area contributed by atoms with Crippen LogP contribution in [-0.4, -0.2) is 29.6 Å². The van der Waals surface area contributed by atoms with Crippen molar-refractivity contribution in [3.63, 3.8) is 0 Å². The molecule has 108 valence electrons. The van der Waals surface area contributed by atoms with Crippen molar-refractivity contribution in [3.8, 4) is 5.75 Å². The fourth-order valence-electron chi connectivity index (χ4n) is 2.30. The van der Waals surface area contributed by atoms with Gasteiger partial charge < -0.3 is 20.9 Å². The summed E-state index contributed by atoms with van der Waals surface area (Å²) in [7, 11) is 0. The number of hydrogen-bond donors (Lipinski definition) is 3. The third-order valence-electron chi connectivity index (χ3n) is 3.34. The number of carboxylic acids is 1. The smallest absolute Gasteiger partial charge is 0.335 e. The number of ether oxygens (including phenoxy) is 1. The number of nitrogens with one attached hydrogen (secondary N) is 1. The molecule has 1 aromatic carbocycles. The van der Waals surface area contributed by atoms with Gasteiger partial charge in [0.1, 0.15) is 5.75 Å². The molecular formula is C14H18N2O4. The molecule has 0 heterocycles. The summed E-state index contributed by atoms with van der Waals surface area (Å²) in [5.41, 5.74) is 5.98. The van der Waals surface area contributed by atoms with E-state index in [4.69, 9.17) is 15.6 Å². The molecule has 1 saturated carbocycles. The number of nitrogens with two attached hydrogens (primary N) is 1. The number of hydrogen-bond acceptors (Lipinski definition) is 4. The standard InChI is InChI=1S/C14H18N2O4/c15-11-7-9(14(18)19)5-6-12(11)20-8-13(17)16-10-3-1-2-4-10/h5-7,10H,1-4,8,15H2,(H,16,17)(H,18,19). The predicted octanol–water partition coefficient (Wildman–Crippen LogP) is 1.40. The normalized spacial score (nSPS) is 15.0. The second-order valence-electron chi connectivity index (χ2n) is 4.90. The van der Waals surface area contributed by atoms with Crippen LogP contribution in [0, 0.1) is 0 Å². The van der Waals surface area contributed by atoms with Crippen LogP contribution in [0.2, 0.25) is 0 Å². The summed E-state index contributed by atoms with van der Waals surface area (Å²) in [5.74, 6) is -0.919. The van der Waals surface area contributed by atoms with E-state index in [9.17, 15) is 9.59 Å². The van der Waals surface area contributed by atoms with Crippen LogP contribution in [0.15, 0.2) is 18.2 Å². The van der Waals surface area contributed by atoms with Crippen LogP contribution >= 0.6 is 0 Å². The van der Waals surface area contributed by atoms with Crippen molar-refractivity contribution in [1.29, 1.82) is 0 Å². The molecule has 2 rings (SSSR count). The predicted molar refractivity (Wildman–Crippen MR) is 73.7 cm³/mol. The number of amides is 1. The van der Waals surface area contributed by atoms with Gasteiger partial charge in [0.15, 0.2) is 6.61 Å². The van der Waals surface area contributed by atoms with E-state index in [1.165, 1.54) is 18.2 Å². The minimum Gasteiger partial charge on any atom is -0.482 e. The fourth-order valence-corrected chi connectivity index (χ4v) is 2.30. The van der Waals surface area contributed by atoms with Crippen molar-refractivity contribution in [1.82, 2.24) is 5.32 Å². The third kappa shape index (κ3) is 3.63. The molecule has 0 saturated heterocycles. The zero-order valence-electron chi connectivity index (χ0n) is 11.1. The Balaban J connectivity index is 1.86. The Labute approximate surface area is 116 Å². The summed E-state index contributed by atoms with van der Waals surface area (Å²) in [6.45, 7) is -0.118. The molecule has 1 amide bonds. The van der Waals surface area contributed by atoms with Gasteiger partial charge in [-0.2, -0.15) is 0 Å². The Morgan fingerprint density at radius 1 is 1.35 bits per heavy atom. The molecule has 0 aromatic heterocycles. The average molecular weight is 278 g/mol. The molecule has 6 heteroatoms. The van der Waals surface area contributed by atoms with Gasteiger partial charge in [0.25, 0.3) is 5.91 Å². The summed E-state index contributed by atoms with van der Waals surface area (Å²) in [5, 5.41) is 11.7. The summed E-state index contributed by atoms with van der Waals surface area (Å²) in [6.07, 6.45) is 4.33. The summed E-state index contributed by atoms with van der Waals surface area (Å²) < 4.78 is 5.31. The van der Waals surface area contributed by atoms with Gasteiger partial charge in [-0.25, -0.2) is 4.79 Å². The van der Waals surface area contributed by atoms with Crippen LogP contribution in [0.4, 0.5) is 5.69 Å². The Morgan fingerprint density at radius 2 is 2.05 bits per heavy atom. The maximum Gasteiger partial charge on any atom is 0.335 e. The molecule has 20 heavy (non-hydrogen) atoms. The van der Waals surface area contributed by atoms with Gasteiger partial charge in [-0.1, -0.05) is 12.8 Å². The van der Waals surface area contributed by atoms with Crippen LogP contribution in [0.3, 0.4) is 0 Å². The Bertz CT molecular complexity index is 510. The quantitative estimate of drug-likeness (QED) is 0.707. The lowest BCUT2D eigenvalue weighted by Crippen LogP contribution is -2.36. The molecule has 1 aliphatic carbocycles. The van der Waals surface area contributed by atoms with Crippen molar-refractivity contribution >= 4 is 17.6 Å². The monoisotopic (exact) mass is 278 g/mol. The number of nitrogen functional groups attached to an aromatic ring is 1. The Hall–Kier alpha value is -2.24. The molecule has 1 fully saturated rings. The molecule has 0 unspecified atom stereocenters. The van der Waals surface area contributed by atoms with Crippen molar-refractivity contribution in [3.05, 3.63) is 23.8 Å². The summed E-state index contributed by atoms with van der Waals surface area (Å²) >= 11 is 0. The highest BCUT2D eigenvalue weighted by atomic mass is 16.5. The number of carbonyl (C=O) groups excluding carboxylic acids is 1. The molecule has 0 spiro atoms. The maximum atomic E-state index is 11.7. The number of carbonyl (C=O) groups is 2. The highest BCUT2D eigenvalue weighted by Crippen LogP contribution is 2.22. The average Bonchev–Trinajstić information content (AvgIpc) is 2.90. The van der Waals surface area contributed by atoms with E-state index in [-0.39, 0.29) is 29.8 Å². The van der Waals surface area contributed by atoms with Crippen LogP contribution in [0.5, 0.6) is 5.75 Å². The lowest BCUT2D eigenvalue weighted by atomic mass is 10.2. The molecule has 6 nitrogen and oxygen atoms in total. The second kappa shape index (κ2) is 6.27. The van der Waals surface area contributed by atoms with Gasteiger partial charge >= 0.3 is 5.97 Å². The zero-order valence-corrected chi connectivity index (χ0v) is 11.1. The van der Waals surface area contributed by atoms with E-state index in [0.717, 1.165) is 25.7 Å². The van der Waals surface area contributed by atoms with Gasteiger partial charge in [-0.15, -0.1) is 0 Å². The highest BCUT2D eigenvalue weighted by Gasteiger charge is 2.17. The molecule has 0 atom stereocenters. The van der Waals surface area contributed by atoms with Crippen molar-refractivity contribution in [2.75, 3.05) is 12.3 Å². The molecule has 0 radical (unpaired) electrons. The first-order valence-electron chi connectivity index (χ1n) is 6.61. The lowest BCUT2D eigenvalue weighted by molar-refractivity contribution is -0.123. The van der Waals surface area contributed by atoms with Gasteiger partial charge in [0.2, 0.25) is 0 Å². The molecule has 0 aliphatic heterocycles. The van der Waals surface area contributed by atoms with Crippen molar-refractivity contribution in [2.45, 2.75) is 31.7 Å². The van der Waals surface area contributed by atoms with Crippen LogP contribution in [0.1, 0.15) is 36.0 Å². The molecule has 1 aromatic rings. The molecule has 0 bridgehead atoms. The lowest BCUT2D eigenvalue weighted by Gasteiger charge is -2.13. The van der Waals surface area contributed by atoms with Gasteiger partial charge in [-0.05, 0) is 31.0 Å². The van der Waals surface area contributed by atoms with E-state index in [2.05, 4.69) is 5.32 Å². The van der Waals surface area contributed by atoms with Crippen LogP contribution in [0.25, 0.3) is 0 Å². The molecular weight excluding hydrogens is 260 g/mol. The maximum absolute atomic E-state index is 11.7. The van der Waals surface area contributed by atoms with E-state index < -0.39 is 5.97 Å². The van der Waals surface area contributed by atoms with Crippen molar-refractivity contribution in [2.24, 2.45) is 0 Å². The van der Waals surface area contributed by atoms with Crippen LogP contribution in [-0.2, 0) is 4.79 Å². The topological polar surface area (TPSA) is 102 Å². The van der Waals surface area contributed by atoms with Crippen molar-refractivity contribution < 1.29 is 19.4 Å². The van der Waals surface area contributed by atoms with Crippen LogP contribution < -0.4 is 15.8 Å². The fraction of sp³-hybridized carbons (Fsp3) is 0.429. The first-order valence-corrected chi connectivity index (χ1v) is 6.61. The number of aromatic carboxylic acids is 1. The van der Waals surface area contributed by atoms with Gasteiger partial charge in [-0.3, -0.25) is 4.79 Å². The molecule has 1 aliphatic rings. The zero-order chi connectivity index (χ0) is 14.5. The summed E-state index contributed by atoms with van der Waals surface area (Å²) in [4.78, 5) is 22.5. The van der Waals surface area contributed by atoms with E-state index in [1.54, 1.807) is 0 Å². The van der Waals surface area contributed by atoms with E-state index in [0.29, 0.717) is 5.75 Å².